The molecule has 6 nitrogen and oxygen atoms in total. The quantitative estimate of drug-likeness (QED) is 0.530. The second kappa shape index (κ2) is 9.48. The van der Waals surface area contributed by atoms with E-state index in [2.05, 4.69) is 40.5 Å². The molecule has 0 spiro atoms. The molecule has 1 saturated carbocycles. The van der Waals surface area contributed by atoms with Gasteiger partial charge in [-0.1, -0.05) is 33.1 Å². The van der Waals surface area contributed by atoms with Gasteiger partial charge in [0.1, 0.15) is 5.65 Å². The van der Waals surface area contributed by atoms with Gasteiger partial charge in [0.25, 0.3) is 0 Å². The first kappa shape index (κ1) is 23.2. The monoisotopic (exact) mass is 446 g/mol. The van der Waals surface area contributed by atoms with Crippen molar-refractivity contribution in [2.45, 2.75) is 64.8 Å². The maximum atomic E-state index is 13.1. The Morgan fingerprint density at radius 2 is 1.88 bits per heavy atom. The summed E-state index contributed by atoms with van der Waals surface area (Å²) in [6.45, 7) is 4.30. The maximum absolute atomic E-state index is 13.1. The number of pyridine rings is 1. The number of nitrogens with two attached hydrogens (primary N) is 1. The molecule has 3 aromatic rings. The summed E-state index contributed by atoms with van der Waals surface area (Å²) in [7, 11) is 1.50. The van der Waals surface area contributed by atoms with Gasteiger partial charge >= 0.3 is 0 Å². The fourth-order valence-electron chi connectivity index (χ4n) is 5.34. The second-order valence-electron chi connectivity index (χ2n) is 9.84. The Morgan fingerprint density at radius 1 is 1.12 bits per heavy atom. The van der Waals surface area contributed by atoms with E-state index in [0.29, 0.717) is 18.0 Å². The minimum atomic E-state index is -0.0951. The number of ketones is 1. The zero-order valence-corrected chi connectivity index (χ0v) is 19.9. The molecule has 174 valence electrons. The summed E-state index contributed by atoms with van der Waals surface area (Å²) in [5.74, 6) is 0.188. The van der Waals surface area contributed by atoms with E-state index in [1.807, 2.05) is 24.3 Å². The molecule has 2 aliphatic rings. The van der Waals surface area contributed by atoms with Crippen LogP contribution in [0, 0.1) is 5.41 Å². The molecule has 2 aliphatic carbocycles. The third-order valence-electron chi connectivity index (χ3n) is 6.78. The number of aromatic nitrogens is 2. The fraction of sp³-hybridized carbons (Fsp3) is 0.444. The van der Waals surface area contributed by atoms with Crippen molar-refractivity contribution in [3.8, 4) is 5.69 Å². The topological polar surface area (TPSA) is 90.0 Å². The molecule has 0 aliphatic heterocycles. The number of Topliss-reactive ketones (excluding diaryl/α,β-unsaturated/α-hetero) is 1. The standard InChI is InChI=1S/C26H29N3O2.CH5N/c1-26(2)14-22-24(23(31)15-26)20-9-6-12-27-25(20)29(22)19-11-10-17(16-30)21(13-19)28-18-7-4-3-5-8-18;1-2/h6,9-13,16,18,28H,3-5,7-8,14-15H2,1-2H3;2H2,1H3. The summed E-state index contributed by atoms with van der Waals surface area (Å²) in [4.78, 5) is 29.5. The number of benzene rings is 1. The lowest BCUT2D eigenvalue weighted by Gasteiger charge is -2.30. The number of carbonyl (C=O) groups excluding carboxylic acids is 2. The van der Waals surface area contributed by atoms with Crippen LogP contribution in [0.2, 0.25) is 0 Å². The SMILES string of the molecule is CC1(C)CC(=O)c2c(n(-c3ccc(C=O)c(NC4CCCCC4)c3)c3ncccc23)C1.CN. The van der Waals surface area contributed by atoms with Crippen molar-refractivity contribution in [2.24, 2.45) is 11.1 Å². The maximum Gasteiger partial charge on any atom is 0.165 e. The second-order valence-corrected chi connectivity index (χ2v) is 9.84. The molecule has 0 amide bonds. The largest absolute Gasteiger partial charge is 0.382 e. The summed E-state index contributed by atoms with van der Waals surface area (Å²) in [5.41, 5.74) is 9.53. The van der Waals surface area contributed by atoms with Crippen LogP contribution in [0.25, 0.3) is 16.7 Å². The van der Waals surface area contributed by atoms with Crippen LogP contribution in [0.1, 0.15) is 78.8 Å². The van der Waals surface area contributed by atoms with Crippen LogP contribution >= 0.6 is 0 Å². The van der Waals surface area contributed by atoms with E-state index in [1.54, 1.807) is 6.20 Å². The van der Waals surface area contributed by atoms with Crippen LogP contribution in [0.5, 0.6) is 0 Å². The van der Waals surface area contributed by atoms with Crippen LogP contribution in [0.4, 0.5) is 5.69 Å². The lowest BCUT2D eigenvalue weighted by Crippen LogP contribution is -2.28. The normalized spacial score (nSPS) is 17.8. The lowest BCUT2D eigenvalue weighted by atomic mass is 9.75. The average Bonchev–Trinajstić information content (AvgIpc) is 3.14. The summed E-state index contributed by atoms with van der Waals surface area (Å²) >= 11 is 0. The molecule has 33 heavy (non-hydrogen) atoms. The van der Waals surface area contributed by atoms with Crippen LogP contribution in [-0.2, 0) is 6.42 Å². The predicted octanol–water partition coefficient (Wildman–Crippen LogP) is 5.31. The van der Waals surface area contributed by atoms with Crippen LogP contribution in [-0.4, -0.2) is 34.7 Å². The van der Waals surface area contributed by atoms with E-state index in [4.69, 9.17) is 0 Å². The summed E-state index contributed by atoms with van der Waals surface area (Å²) in [5, 5.41) is 4.54. The van der Waals surface area contributed by atoms with Gasteiger partial charge in [0.05, 0.1) is 0 Å². The van der Waals surface area contributed by atoms with E-state index in [-0.39, 0.29) is 11.2 Å². The van der Waals surface area contributed by atoms with E-state index in [1.165, 1.54) is 26.3 Å². The predicted molar refractivity (Wildman–Crippen MR) is 133 cm³/mol. The molecule has 0 saturated heterocycles. The molecule has 0 radical (unpaired) electrons. The van der Waals surface area contributed by atoms with Gasteiger partial charge in [0, 0.05) is 52.2 Å². The Labute approximate surface area is 195 Å². The van der Waals surface area contributed by atoms with Gasteiger partial charge in [-0.25, -0.2) is 4.98 Å². The van der Waals surface area contributed by atoms with Gasteiger partial charge in [-0.15, -0.1) is 0 Å². The van der Waals surface area contributed by atoms with Crippen LogP contribution < -0.4 is 11.1 Å². The first-order chi connectivity index (χ1) is 16.0. The molecule has 0 atom stereocenters. The Bertz CT molecular complexity index is 1170. The number of hydrogen-bond acceptors (Lipinski definition) is 5. The highest BCUT2D eigenvalue weighted by Gasteiger charge is 2.36. The molecule has 6 heteroatoms. The van der Waals surface area contributed by atoms with Crippen molar-refractivity contribution < 1.29 is 9.59 Å². The van der Waals surface area contributed by atoms with Gasteiger partial charge in [0.15, 0.2) is 12.1 Å². The molecule has 1 aromatic carbocycles. The first-order valence-electron chi connectivity index (χ1n) is 11.9. The molecule has 2 aromatic heterocycles. The zero-order valence-electron chi connectivity index (χ0n) is 19.9. The lowest BCUT2D eigenvalue weighted by molar-refractivity contribution is 0.0912. The number of fused-ring (bicyclic) bond motifs is 3. The Balaban J connectivity index is 0.00000126. The summed E-state index contributed by atoms with van der Waals surface area (Å²) < 4.78 is 2.13. The Kier molecular flexibility index (Phi) is 6.66. The number of aldehydes is 1. The van der Waals surface area contributed by atoms with E-state index >= 15 is 0 Å². The van der Waals surface area contributed by atoms with Gasteiger partial charge in [-0.2, -0.15) is 0 Å². The average molecular weight is 447 g/mol. The minimum Gasteiger partial charge on any atom is -0.382 e. The Morgan fingerprint density at radius 3 is 2.61 bits per heavy atom. The first-order valence-corrected chi connectivity index (χ1v) is 11.9. The molecule has 0 bridgehead atoms. The zero-order chi connectivity index (χ0) is 23.6. The molecule has 1 fully saturated rings. The van der Waals surface area contributed by atoms with Gasteiger partial charge < -0.3 is 11.1 Å². The minimum absolute atomic E-state index is 0.0951. The van der Waals surface area contributed by atoms with Crippen LogP contribution in [0.15, 0.2) is 36.5 Å². The molecular weight excluding hydrogens is 412 g/mol. The van der Waals surface area contributed by atoms with E-state index in [0.717, 1.165) is 59.2 Å². The Hall–Kier alpha value is -2.99. The van der Waals surface area contributed by atoms with Gasteiger partial charge in [-0.3, -0.25) is 14.2 Å². The van der Waals surface area contributed by atoms with Crippen molar-refractivity contribution in [3.63, 3.8) is 0 Å². The number of nitrogens with zero attached hydrogens (tertiary/aromatic N) is 2. The number of anilines is 1. The fourth-order valence-corrected chi connectivity index (χ4v) is 5.34. The summed E-state index contributed by atoms with van der Waals surface area (Å²) in [6, 6.07) is 10.2. The number of hydrogen-bond donors (Lipinski definition) is 2. The van der Waals surface area contributed by atoms with E-state index < -0.39 is 0 Å². The smallest absolute Gasteiger partial charge is 0.165 e. The van der Waals surface area contributed by atoms with Gasteiger partial charge in [-0.05, 0) is 62.1 Å². The number of nitrogens with one attached hydrogen (secondary N) is 1. The van der Waals surface area contributed by atoms with Crippen molar-refractivity contribution in [1.29, 1.82) is 0 Å². The van der Waals surface area contributed by atoms with Crippen molar-refractivity contribution >= 4 is 28.8 Å². The van der Waals surface area contributed by atoms with Crippen molar-refractivity contribution in [1.82, 2.24) is 9.55 Å². The van der Waals surface area contributed by atoms with Crippen LogP contribution in [0.3, 0.4) is 0 Å². The highest BCUT2D eigenvalue weighted by Crippen LogP contribution is 2.41. The highest BCUT2D eigenvalue weighted by molar-refractivity contribution is 6.10. The van der Waals surface area contributed by atoms with Gasteiger partial charge in [0.2, 0.25) is 0 Å². The molecule has 3 N–H and O–H groups in total. The molecule has 2 heterocycles. The third kappa shape index (κ3) is 4.44. The summed E-state index contributed by atoms with van der Waals surface area (Å²) in [6.07, 6.45) is 10.1. The van der Waals surface area contributed by atoms with Crippen molar-refractivity contribution in [3.05, 3.63) is 53.3 Å². The number of carbonyl (C=O) groups is 2. The molecular formula is C27H34N4O2. The molecule has 0 unspecified atom stereocenters. The van der Waals surface area contributed by atoms with Crippen molar-refractivity contribution in [2.75, 3.05) is 12.4 Å². The highest BCUT2D eigenvalue weighted by atomic mass is 16.1. The molecule has 5 rings (SSSR count). The number of rotatable bonds is 4. The third-order valence-corrected chi connectivity index (χ3v) is 6.78. The van der Waals surface area contributed by atoms with E-state index in [9.17, 15) is 9.59 Å².